The fraction of sp³-hybridized carbons (Fsp3) is 0.423. The summed E-state index contributed by atoms with van der Waals surface area (Å²) in [6.07, 6.45) is 5.03. The lowest BCUT2D eigenvalue weighted by molar-refractivity contribution is -0.0537. The molecule has 1 saturated heterocycles. The van der Waals surface area contributed by atoms with E-state index in [-0.39, 0.29) is 12.4 Å². The van der Waals surface area contributed by atoms with E-state index in [0.717, 1.165) is 30.8 Å². The van der Waals surface area contributed by atoms with E-state index >= 15 is 0 Å². The molecule has 1 N–H and O–H groups in total. The Morgan fingerprint density at radius 2 is 1.82 bits per heavy atom. The van der Waals surface area contributed by atoms with Crippen LogP contribution in [0.4, 0.5) is 4.39 Å². The Hall–Kier alpha value is -3.10. The zero-order chi connectivity index (χ0) is 24.0. The molecular formula is C26H32FN3O4. The van der Waals surface area contributed by atoms with E-state index in [9.17, 15) is 9.50 Å². The Balaban J connectivity index is 1.27. The van der Waals surface area contributed by atoms with Crippen molar-refractivity contribution in [2.24, 2.45) is 0 Å². The molecule has 1 aromatic heterocycles. The van der Waals surface area contributed by atoms with Crippen molar-refractivity contribution in [3.63, 3.8) is 0 Å². The number of halogens is 1. The van der Waals surface area contributed by atoms with E-state index < -0.39 is 5.60 Å². The number of ether oxygens (including phenoxy) is 3. The summed E-state index contributed by atoms with van der Waals surface area (Å²) >= 11 is 0. The standard InChI is InChI=1S/C26H32FN3O4/c1-20-16-28-30(17-20)13-14-33-25-15-21(3-8-24(25)32-2)18-29-11-9-26(31,10-12-29)19-34-23-6-4-22(27)5-7-23/h3-8,15-17,31H,9-14,18-19H2,1-2H3. The predicted molar refractivity (Wildman–Crippen MR) is 127 cm³/mol. The van der Waals surface area contributed by atoms with Crippen LogP contribution < -0.4 is 14.2 Å². The van der Waals surface area contributed by atoms with Gasteiger partial charge in [-0.25, -0.2) is 4.39 Å². The normalized spacial score (nSPS) is 15.8. The Morgan fingerprint density at radius 3 is 2.50 bits per heavy atom. The van der Waals surface area contributed by atoms with E-state index in [1.807, 2.05) is 42.2 Å². The first kappa shape index (κ1) is 24.0. The summed E-state index contributed by atoms with van der Waals surface area (Å²) in [6.45, 7) is 5.62. The molecule has 7 nitrogen and oxygen atoms in total. The second-order valence-electron chi connectivity index (χ2n) is 8.86. The average Bonchev–Trinajstić information content (AvgIpc) is 3.25. The van der Waals surface area contributed by atoms with Gasteiger partial charge in [-0.3, -0.25) is 9.58 Å². The number of methoxy groups -OCH3 is 1. The molecule has 0 saturated carbocycles. The lowest BCUT2D eigenvalue weighted by atomic mass is 9.92. The van der Waals surface area contributed by atoms with Gasteiger partial charge in [-0.05, 0) is 67.3 Å². The first-order valence-electron chi connectivity index (χ1n) is 11.5. The Bertz CT molecular complexity index is 1060. The van der Waals surface area contributed by atoms with Gasteiger partial charge in [-0.15, -0.1) is 0 Å². The summed E-state index contributed by atoms with van der Waals surface area (Å²) in [4.78, 5) is 2.31. The van der Waals surface area contributed by atoms with E-state index in [1.54, 1.807) is 19.2 Å². The van der Waals surface area contributed by atoms with Crippen molar-refractivity contribution in [2.75, 3.05) is 33.4 Å². The molecule has 0 amide bonds. The number of nitrogens with zero attached hydrogens (tertiary/aromatic N) is 3. The summed E-state index contributed by atoms with van der Waals surface area (Å²) in [6, 6.07) is 11.9. The van der Waals surface area contributed by atoms with E-state index in [0.29, 0.717) is 43.2 Å². The van der Waals surface area contributed by atoms with Crippen LogP contribution in [0.15, 0.2) is 54.9 Å². The maximum Gasteiger partial charge on any atom is 0.161 e. The molecule has 182 valence electrons. The number of aromatic nitrogens is 2. The Labute approximate surface area is 199 Å². The van der Waals surface area contributed by atoms with Crippen molar-refractivity contribution in [2.45, 2.75) is 38.5 Å². The molecule has 1 aliphatic rings. The number of aryl methyl sites for hydroxylation is 1. The van der Waals surface area contributed by atoms with Crippen LogP contribution in [-0.2, 0) is 13.1 Å². The molecule has 0 unspecified atom stereocenters. The SMILES string of the molecule is COc1ccc(CN2CCC(O)(COc3ccc(F)cc3)CC2)cc1OCCn1cc(C)cn1. The van der Waals surface area contributed by atoms with Crippen LogP contribution in [0.2, 0.25) is 0 Å². The Kier molecular flexibility index (Phi) is 7.70. The van der Waals surface area contributed by atoms with Gasteiger partial charge >= 0.3 is 0 Å². The monoisotopic (exact) mass is 469 g/mol. The second-order valence-corrected chi connectivity index (χ2v) is 8.86. The summed E-state index contributed by atoms with van der Waals surface area (Å²) in [7, 11) is 1.64. The molecule has 1 fully saturated rings. The molecule has 0 bridgehead atoms. The van der Waals surface area contributed by atoms with Crippen LogP contribution in [0.5, 0.6) is 17.2 Å². The predicted octanol–water partition coefficient (Wildman–Crippen LogP) is 3.82. The van der Waals surface area contributed by atoms with Crippen LogP contribution in [0, 0.1) is 12.7 Å². The van der Waals surface area contributed by atoms with Crippen molar-refractivity contribution < 1.29 is 23.7 Å². The molecule has 2 heterocycles. The van der Waals surface area contributed by atoms with Crippen LogP contribution in [0.3, 0.4) is 0 Å². The summed E-state index contributed by atoms with van der Waals surface area (Å²) in [5.74, 6) is 1.67. The fourth-order valence-electron chi connectivity index (χ4n) is 4.05. The maximum absolute atomic E-state index is 13.0. The quantitative estimate of drug-likeness (QED) is 0.487. The van der Waals surface area contributed by atoms with Crippen molar-refractivity contribution >= 4 is 0 Å². The minimum Gasteiger partial charge on any atom is -0.493 e. The molecule has 0 spiro atoms. The van der Waals surface area contributed by atoms with Gasteiger partial charge in [0, 0.05) is 25.8 Å². The van der Waals surface area contributed by atoms with Crippen molar-refractivity contribution in [3.05, 3.63) is 71.8 Å². The van der Waals surface area contributed by atoms with Crippen LogP contribution in [0.25, 0.3) is 0 Å². The smallest absolute Gasteiger partial charge is 0.161 e. The summed E-state index contributed by atoms with van der Waals surface area (Å²) in [5, 5.41) is 15.2. The Morgan fingerprint density at radius 1 is 1.06 bits per heavy atom. The van der Waals surface area contributed by atoms with Gasteiger partial charge in [0.15, 0.2) is 11.5 Å². The number of piperidine rings is 1. The summed E-state index contributed by atoms with van der Waals surface area (Å²) < 4.78 is 32.1. The first-order valence-corrected chi connectivity index (χ1v) is 11.5. The topological polar surface area (TPSA) is 69.0 Å². The fourth-order valence-corrected chi connectivity index (χ4v) is 4.05. The summed E-state index contributed by atoms with van der Waals surface area (Å²) in [5.41, 5.74) is 1.36. The number of rotatable bonds is 10. The zero-order valence-corrected chi connectivity index (χ0v) is 19.7. The number of hydrogen-bond acceptors (Lipinski definition) is 6. The van der Waals surface area contributed by atoms with Crippen molar-refractivity contribution in [3.8, 4) is 17.2 Å². The molecule has 34 heavy (non-hydrogen) atoms. The van der Waals surface area contributed by atoms with Crippen LogP contribution in [-0.4, -0.2) is 58.8 Å². The zero-order valence-electron chi connectivity index (χ0n) is 19.7. The number of aliphatic hydroxyl groups is 1. The highest BCUT2D eigenvalue weighted by atomic mass is 19.1. The lowest BCUT2D eigenvalue weighted by Crippen LogP contribution is -2.47. The number of hydrogen-bond donors (Lipinski definition) is 1. The molecule has 4 rings (SSSR count). The first-order chi connectivity index (χ1) is 16.4. The van der Waals surface area contributed by atoms with Gasteiger partial charge in [0.05, 0.1) is 19.9 Å². The van der Waals surface area contributed by atoms with Gasteiger partial charge in [0.2, 0.25) is 0 Å². The molecule has 0 atom stereocenters. The number of likely N-dealkylation sites (tertiary alicyclic amines) is 1. The lowest BCUT2D eigenvalue weighted by Gasteiger charge is -2.38. The van der Waals surface area contributed by atoms with Crippen LogP contribution >= 0.6 is 0 Å². The second kappa shape index (κ2) is 10.9. The molecule has 0 radical (unpaired) electrons. The molecule has 3 aromatic rings. The minimum absolute atomic E-state index is 0.197. The third kappa shape index (κ3) is 6.48. The third-order valence-electron chi connectivity index (χ3n) is 6.08. The molecule has 2 aromatic carbocycles. The largest absolute Gasteiger partial charge is 0.493 e. The molecule has 8 heteroatoms. The maximum atomic E-state index is 13.0. The van der Waals surface area contributed by atoms with E-state index in [4.69, 9.17) is 14.2 Å². The van der Waals surface area contributed by atoms with Gasteiger partial charge in [0.25, 0.3) is 0 Å². The average molecular weight is 470 g/mol. The van der Waals surface area contributed by atoms with E-state index in [1.165, 1.54) is 12.1 Å². The molecule has 0 aliphatic carbocycles. The molecular weight excluding hydrogens is 437 g/mol. The number of benzene rings is 2. The van der Waals surface area contributed by atoms with Gasteiger partial charge in [-0.1, -0.05) is 6.07 Å². The minimum atomic E-state index is -0.885. The highest BCUT2D eigenvalue weighted by molar-refractivity contribution is 5.43. The molecule has 1 aliphatic heterocycles. The van der Waals surface area contributed by atoms with Gasteiger partial charge in [0.1, 0.15) is 30.4 Å². The van der Waals surface area contributed by atoms with E-state index in [2.05, 4.69) is 10.00 Å². The van der Waals surface area contributed by atoms with Gasteiger partial charge in [-0.2, -0.15) is 5.10 Å². The van der Waals surface area contributed by atoms with Crippen molar-refractivity contribution in [1.82, 2.24) is 14.7 Å². The highest BCUT2D eigenvalue weighted by Gasteiger charge is 2.33. The third-order valence-corrected chi connectivity index (χ3v) is 6.08. The van der Waals surface area contributed by atoms with Crippen LogP contribution in [0.1, 0.15) is 24.0 Å². The van der Waals surface area contributed by atoms with Gasteiger partial charge < -0.3 is 19.3 Å². The van der Waals surface area contributed by atoms with Crippen molar-refractivity contribution in [1.29, 1.82) is 0 Å². The highest BCUT2D eigenvalue weighted by Crippen LogP contribution is 2.30.